The highest BCUT2D eigenvalue weighted by atomic mass is 35.5. The van der Waals surface area contributed by atoms with Crippen molar-refractivity contribution in [3.8, 4) is 0 Å². The number of nitrogens with zero attached hydrogens (tertiary/aromatic N) is 1. The molecule has 1 saturated heterocycles. The van der Waals surface area contributed by atoms with E-state index in [1.807, 2.05) is 12.1 Å². The van der Waals surface area contributed by atoms with E-state index >= 15 is 0 Å². The summed E-state index contributed by atoms with van der Waals surface area (Å²) in [5.74, 6) is 1.65. The summed E-state index contributed by atoms with van der Waals surface area (Å²) in [4.78, 5) is 4.31. The van der Waals surface area contributed by atoms with Crippen molar-refractivity contribution in [3.63, 3.8) is 0 Å². The molecular weight excluding hydrogens is 268 g/mol. The second-order valence-electron chi connectivity index (χ2n) is 4.41. The summed E-state index contributed by atoms with van der Waals surface area (Å²) in [6, 6.07) is 4.36. The lowest BCUT2D eigenvalue weighted by atomic mass is 10.0. The maximum atomic E-state index is 5.83. The highest BCUT2D eigenvalue weighted by molar-refractivity contribution is 7.99. The molecule has 1 N–H and O–H groups in total. The summed E-state index contributed by atoms with van der Waals surface area (Å²) in [6.45, 7) is 4.92. The summed E-state index contributed by atoms with van der Waals surface area (Å²) < 4.78 is 5.47. The van der Waals surface area contributed by atoms with E-state index in [0.717, 1.165) is 37.0 Å². The van der Waals surface area contributed by atoms with Crippen molar-refractivity contribution in [2.45, 2.75) is 24.4 Å². The predicted molar refractivity (Wildman–Crippen MR) is 76.4 cm³/mol. The Morgan fingerprint density at radius 3 is 3.11 bits per heavy atom. The van der Waals surface area contributed by atoms with E-state index in [1.165, 1.54) is 0 Å². The largest absolute Gasteiger partial charge is 0.381 e. The smallest absolute Gasteiger partial charge is 0.0961 e. The average Bonchev–Trinajstić information content (AvgIpc) is 2.90. The van der Waals surface area contributed by atoms with Gasteiger partial charge in [-0.05, 0) is 25.1 Å². The minimum Gasteiger partial charge on any atom is -0.381 e. The summed E-state index contributed by atoms with van der Waals surface area (Å²) in [6.07, 6.45) is 2.86. The van der Waals surface area contributed by atoms with Crippen LogP contribution in [0.15, 0.2) is 23.4 Å². The summed E-state index contributed by atoms with van der Waals surface area (Å²) in [5.41, 5.74) is 0. The molecule has 0 saturated carbocycles. The van der Waals surface area contributed by atoms with E-state index in [9.17, 15) is 0 Å². The zero-order chi connectivity index (χ0) is 12.8. The van der Waals surface area contributed by atoms with Crippen LogP contribution in [-0.2, 0) is 4.74 Å². The van der Waals surface area contributed by atoms with Crippen molar-refractivity contribution >= 4 is 23.4 Å². The number of ether oxygens (including phenoxy) is 1. The monoisotopic (exact) mass is 286 g/mol. The second kappa shape index (κ2) is 7.34. The Kier molecular flexibility index (Phi) is 5.76. The molecule has 2 rings (SSSR count). The standard InChI is InChI=1S/C13H19ClN2OS/c1-2-15-12(10-5-6-17-8-10)9-18-13-4-3-11(14)7-16-13/h3-4,7,10,12,15H,2,5-6,8-9H2,1H3. The molecule has 2 unspecified atom stereocenters. The number of nitrogens with one attached hydrogen (secondary N) is 1. The molecule has 2 atom stereocenters. The quantitative estimate of drug-likeness (QED) is 0.816. The molecule has 1 fully saturated rings. The molecule has 0 amide bonds. The first kappa shape index (κ1) is 14.1. The minimum atomic E-state index is 0.500. The molecule has 0 radical (unpaired) electrons. The van der Waals surface area contributed by atoms with Gasteiger partial charge in [-0.2, -0.15) is 0 Å². The lowest BCUT2D eigenvalue weighted by Gasteiger charge is -2.22. The van der Waals surface area contributed by atoms with Crippen LogP contribution >= 0.6 is 23.4 Å². The molecule has 0 spiro atoms. The zero-order valence-corrected chi connectivity index (χ0v) is 12.1. The van der Waals surface area contributed by atoms with Crippen molar-refractivity contribution in [1.82, 2.24) is 10.3 Å². The molecule has 5 heteroatoms. The third-order valence-corrected chi connectivity index (χ3v) is 4.40. The molecule has 1 aromatic rings. The minimum absolute atomic E-state index is 0.500. The molecule has 0 aliphatic carbocycles. The van der Waals surface area contributed by atoms with E-state index in [-0.39, 0.29) is 0 Å². The van der Waals surface area contributed by atoms with Gasteiger partial charge in [-0.25, -0.2) is 4.98 Å². The average molecular weight is 287 g/mol. The molecule has 1 aliphatic rings. The number of aromatic nitrogens is 1. The van der Waals surface area contributed by atoms with Crippen molar-refractivity contribution in [2.75, 3.05) is 25.5 Å². The number of thioether (sulfide) groups is 1. The van der Waals surface area contributed by atoms with Crippen molar-refractivity contribution in [3.05, 3.63) is 23.4 Å². The Morgan fingerprint density at radius 2 is 2.50 bits per heavy atom. The third-order valence-electron chi connectivity index (χ3n) is 3.11. The van der Waals surface area contributed by atoms with E-state index in [1.54, 1.807) is 18.0 Å². The van der Waals surface area contributed by atoms with E-state index < -0.39 is 0 Å². The fourth-order valence-electron chi connectivity index (χ4n) is 2.12. The van der Waals surface area contributed by atoms with Gasteiger partial charge in [0.15, 0.2) is 0 Å². The molecule has 100 valence electrons. The SMILES string of the molecule is CCNC(CSc1ccc(Cl)cn1)C1CCOC1. The van der Waals surface area contributed by atoms with Gasteiger partial charge in [-0.15, -0.1) is 11.8 Å². The van der Waals surface area contributed by atoms with Gasteiger partial charge in [-0.3, -0.25) is 0 Å². The maximum absolute atomic E-state index is 5.83. The van der Waals surface area contributed by atoms with E-state index in [2.05, 4.69) is 17.2 Å². The van der Waals surface area contributed by atoms with Gasteiger partial charge in [0.25, 0.3) is 0 Å². The molecule has 0 aromatic carbocycles. The fraction of sp³-hybridized carbons (Fsp3) is 0.615. The van der Waals surface area contributed by atoms with Gasteiger partial charge in [0.2, 0.25) is 0 Å². The molecular formula is C13H19ClN2OS. The van der Waals surface area contributed by atoms with Crippen LogP contribution in [0, 0.1) is 5.92 Å². The first-order valence-electron chi connectivity index (χ1n) is 6.35. The normalized spacial score (nSPS) is 21.1. The number of rotatable bonds is 6. The van der Waals surface area contributed by atoms with Crippen LogP contribution in [0.1, 0.15) is 13.3 Å². The van der Waals surface area contributed by atoms with Crippen molar-refractivity contribution < 1.29 is 4.74 Å². The lowest BCUT2D eigenvalue weighted by molar-refractivity contribution is 0.179. The Balaban J connectivity index is 1.86. The Hall–Kier alpha value is -0.290. The van der Waals surface area contributed by atoms with E-state index in [4.69, 9.17) is 16.3 Å². The van der Waals surface area contributed by atoms with Crippen LogP contribution in [0.25, 0.3) is 0 Å². The molecule has 0 bridgehead atoms. The van der Waals surface area contributed by atoms with Gasteiger partial charge in [0.05, 0.1) is 16.7 Å². The number of pyridine rings is 1. The van der Waals surface area contributed by atoms with Gasteiger partial charge in [-0.1, -0.05) is 18.5 Å². The summed E-state index contributed by atoms with van der Waals surface area (Å²) in [5, 5.41) is 5.27. The predicted octanol–water partition coefficient (Wildman–Crippen LogP) is 2.84. The summed E-state index contributed by atoms with van der Waals surface area (Å²) >= 11 is 7.60. The number of hydrogen-bond acceptors (Lipinski definition) is 4. The zero-order valence-electron chi connectivity index (χ0n) is 10.6. The van der Waals surface area contributed by atoms with Crippen LogP contribution in [-0.4, -0.2) is 36.5 Å². The highest BCUT2D eigenvalue weighted by Gasteiger charge is 2.25. The molecule has 1 aromatic heterocycles. The van der Waals surface area contributed by atoms with Gasteiger partial charge >= 0.3 is 0 Å². The fourth-order valence-corrected chi connectivity index (χ4v) is 3.26. The van der Waals surface area contributed by atoms with Crippen molar-refractivity contribution in [2.24, 2.45) is 5.92 Å². The Morgan fingerprint density at radius 1 is 1.61 bits per heavy atom. The molecule has 3 nitrogen and oxygen atoms in total. The molecule has 2 heterocycles. The van der Waals surface area contributed by atoms with Crippen LogP contribution < -0.4 is 5.32 Å². The van der Waals surface area contributed by atoms with Crippen molar-refractivity contribution in [1.29, 1.82) is 0 Å². The van der Waals surface area contributed by atoms with Crippen LogP contribution in [0.4, 0.5) is 0 Å². The van der Waals surface area contributed by atoms with Crippen LogP contribution in [0.3, 0.4) is 0 Å². The van der Waals surface area contributed by atoms with Gasteiger partial charge < -0.3 is 10.1 Å². The molecule has 18 heavy (non-hydrogen) atoms. The lowest BCUT2D eigenvalue weighted by Crippen LogP contribution is -2.38. The van der Waals surface area contributed by atoms with Crippen LogP contribution in [0.2, 0.25) is 5.02 Å². The van der Waals surface area contributed by atoms with Crippen LogP contribution in [0.5, 0.6) is 0 Å². The Labute approximate surface area is 118 Å². The summed E-state index contributed by atoms with van der Waals surface area (Å²) in [7, 11) is 0. The first-order valence-corrected chi connectivity index (χ1v) is 7.71. The second-order valence-corrected chi connectivity index (χ2v) is 5.89. The topological polar surface area (TPSA) is 34.2 Å². The van der Waals surface area contributed by atoms with Gasteiger partial charge in [0, 0.05) is 30.5 Å². The third kappa shape index (κ3) is 4.12. The maximum Gasteiger partial charge on any atom is 0.0961 e. The van der Waals surface area contributed by atoms with Gasteiger partial charge in [0.1, 0.15) is 0 Å². The Bertz CT molecular complexity index is 355. The molecule has 1 aliphatic heterocycles. The first-order chi connectivity index (χ1) is 8.79. The van der Waals surface area contributed by atoms with E-state index in [0.29, 0.717) is 17.0 Å². The number of hydrogen-bond donors (Lipinski definition) is 1. The number of halogens is 1. The highest BCUT2D eigenvalue weighted by Crippen LogP contribution is 2.24.